The Balaban J connectivity index is 2.15. The number of rotatable bonds is 4. The van der Waals surface area contributed by atoms with E-state index in [1.807, 2.05) is 5.32 Å². The van der Waals surface area contributed by atoms with E-state index in [0.717, 1.165) is 17.5 Å². The molecule has 3 aromatic rings. The zero-order chi connectivity index (χ0) is 22.4. The third-order valence-electron chi connectivity index (χ3n) is 4.53. The van der Waals surface area contributed by atoms with Gasteiger partial charge >= 0.3 is 6.18 Å². The second-order valence-electron chi connectivity index (χ2n) is 7.07. The maximum absolute atomic E-state index is 13.8. The molecule has 0 unspecified atom stereocenters. The number of alkyl halides is 3. The van der Waals surface area contributed by atoms with Gasteiger partial charge in [0.25, 0.3) is 11.5 Å². The van der Waals surface area contributed by atoms with Crippen molar-refractivity contribution < 1.29 is 22.4 Å². The van der Waals surface area contributed by atoms with E-state index in [-0.39, 0.29) is 39.0 Å². The minimum atomic E-state index is -4.62. The molecular weight excluding hydrogens is 428 g/mol. The number of hydrogen-bond donors (Lipinski definition) is 2. The van der Waals surface area contributed by atoms with Crippen LogP contribution in [0.15, 0.2) is 29.2 Å². The van der Waals surface area contributed by atoms with Crippen LogP contribution in [0.2, 0.25) is 5.02 Å². The van der Waals surface area contributed by atoms with Crippen LogP contribution in [0.3, 0.4) is 0 Å². The lowest BCUT2D eigenvalue weighted by Gasteiger charge is -2.17. The fourth-order valence-electron chi connectivity index (χ4n) is 3.01. The third-order valence-corrected chi connectivity index (χ3v) is 4.84. The maximum atomic E-state index is 13.8. The van der Waals surface area contributed by atoms with Crippen LogP contribution in [0.5, 0.6) is 0 Å². The Bertz CT molecular complexity index is 1180. The first-order chi connectivity index (χ1) is 13.9. The average molecular weight is 445 g/mol. The van der Waals surface area contributed by atoms with Gasteiger partial charge in [-0.05, 0) is 31.0 Å². The van der Waals surface area contributed by atoms with Crippen LogP contribution in [0.25, 0.3) is 16.9 Å². The molecule has 11 heteroatoms. The molecule has 0 saturated carbocycles. The van der Waals surface area contributed by atoms with Crippen molar-refractivity contribution in [2.45, 2.75) is 38.9 Å². The first kappa shape index (κ1) is 21.8. The molecule has 0 aliphatic heterocycles. The van der Waals surface area contributed by atoms with Crippen molar-refractivity contribution in [3.63, 3.8) is 0 Å². The number of hydrogen-bond acceptors (Lipinski definition) is 3. The van der Waals surface area contributed by atoms with E-state index in [1.165, 1.54) is 18.3 Å². The predicted octanol–water partition coefficient (Wildman–Crippen LogP) is 4.29. The molecule has 0 fully saturated rings. The number of nitrogens with one attached hydrogen (secondary N) is 2. The lowest BCUT2D eigenvalue weighted by molar-refractivity contribution is -0.149. The van der Waals surface area contributed by atoms with Crippen LogP contribution in [-0.2, 0) is 0 Å². The smallest absolute Gasteiger partial charge is 0.340 e. The molecule has 0 aliphatic carbocycles. The van der Waals surface area contributed by atoms with Crippen molar-refractivity contribution in [3.05, 3.63) is 56.7 Å². The molecule has 2 N–H and O–H groups in total. The average Bonchev–Trinajstić information content (AvgIpc) is 3.03. The van der Waals surface area contributed by atoms with Gasteiger partial charge in [-0.25, -0.2) is 8.91 Å². The number of carbonyl (C=O) groups is 1. The van der Waals surface area contributed by atoms with E-state index >= 15 is 0 Å². The van der Waals surface area contributed by atoms with Crippen LogP contribution in [0.4, 0.5) is 17.6 Å². The van der Waals surface area contributed by atoms with Crippen molar-refractivity contribution in [2.75, 3.05) is 0 Å². The summed E-state index contributed by atoms with van der Waals surface area (Å²) in [5.41, 5.74) is -0.217. The summed E-state index contributed by atoms with van der Waals surface area (Å²) in [5, 5.41) is 5.98. The second-order valence-corrected chi connectivity index (χ2v) is 7.48. The van der Waals surface area contributed by atoms with Gasteiger partial charge in [-0.15, -0.1) is 5.10 Å². The lowest BCUT2D eigenvalue weighted by Crippen LogP contribution is -2.43. The molecule has 160 valence electrons. The van der Waals surface area contributed by atoms with Crippen LogP contribution in [-0.4, -0.2) is 32.7 Å². The van der Waals surface area contributed by atoms with E-state index in [2.05, 4.69) is 10.1 Å². The zero-order valence-electron chi connectivity index (χ0n) is 16.1. The molecule has 0 radical (unpaired) electrons. The summed E-state index contributed by atoms with van der Waals surface area (Å²) in [6, 6.07) is 1.74. The fraction of sp³-hybridized carbons (Fsp3) is 0.316. The van der Waals surface area contributed by atoms with E-state index in [9.17, 15) is 27.2 Å². The van der Waals surface area contributed by atoms with Gasteiger partial charge in [0.15, 0.2) is 5.82 Å². The van der Waals surface area contributed by atoms with Crippen LogP contribution >= 0.6 is 11.6 Å². The summed E-state index contributed by atoms with van der Waals surface area (Å²) >= 11 is 5.66. The van der Waals surface area contributed by atoms with Gasteiger partial charge in [-0.3, -0.25) is 9.59 Å². The van der Waals surface area contributed by atoms with Crippen molar-refractivity contribution in [3.8, 4) is 11.4 Å². The van der Waals surface area contributed by atoms with Crippen molar-refractivity contribution in [2.24, 2.45) is 0 Å². The van der Waals surface area contributed by atoms with E-state index in [1.54, 1.807) is 13.8 Å². The topological polar surface area (TPSA) is 79.3 Å². The molecule has 1 aromatic carbocycles. The number of aromatic amines is 1. The summed E-state index contributed by atoms with van der Waals surface area (Å²) in [5.74, 6) is -2.05. The SMILES string of the molecule is CC(C)c1c(C(=O)N[C@H](C)C(F)(F)F)cn2nc(-c3ccc(Cl)c(F)c3)[nH]c(=O)c12. The minimum absolute atomic E-state index is 0.00369. The Labute approximate surface area is 172 Å². The van der Waals surface area contributed by atoms with Crippen molar-refractivity contribution >= 4 is 23.0 Å². The monoisotopic (exact) mass is 444 g/mol. The number of nitrogens with zero attached hydrogens (tertiary/aromatic N) is 2. The molecule has 0 aliphatic rings. The maximum Gasteiger partial charge on any atom is 0.408 e. The van der Waals surface area contributed by atoms with Gasteiger partial charge in [0.2, 0.25) is 0 Å². The molecule has 30 heavy (non-hydrogen) atoms. The Morgan fingerprint density at radius 1 is 1.27 bits per heavy atom. The Kier molecular flexibility index (Phi) is 5.64. The molecular formula is C19H17ClF4N4O2. The van der Waals surface area contributed by atoms with Gasteiger partial charge in [-0.1, -0.05) is 25.4 Å². The molecule has 0 spiro atoms. The van der Waals surface area contributed by atoms with Crippen molar-refractivity contribution in [1.82, 2.24) is 19.9 Å². The Morgan fingerprint density at radius 3 is 2.50 bits per heavy atom. The van der Waals surface area contributed by atoms with Crippen LogP contribution in [0.1, 0.15) is 42.6 Å². The quantitative estimate of drug-likeness (QED) is 0.589. The first-order valence-electron chi connectivity index (χ1n) is 8.88. The van der Waals surface area contributed by atoms with E-state index in [0.29, 0.717) is 0 Å². The van der Waals surface area contributed by atoms with Gasteiger partial charge < -0.3 is 10.3 Å². The summed E-state index contributed by atoms with van der Waals surface area (Å²) in [6.07, 6.45) is -3.43. The highest BCUT2D eigenvalue weighted by Gasteiger charge is 2.37. The van der Waals surface area contributed by atoms with Crippen molar-refractivity contribution in [1.29, 1.82) is 0 Å². The number of H-pyrrole nitrogens is 1. The minimum Gasteiger partial charge on any atom is -0.340 e. The second kappa shape index (κ2) is 7.75. The van der Waals surface area contributed by atoms with Gasteiger partial charge in [0.1, 0.15) is 17.4 Å². The van der Waals surface area contributed by atoms with Crippen LogP contribution < -0.4 is 10.9 Å². The number of benzene rings is 1. The molecule has 0 saturated heterocycles. The predicted molar refractivity (Wildman–Crippen MR) is 103 cm³/mol. The Morgan fingerprint density at radius 2 is 1.93 bits per heavy atom. The number of amides is 1. The summed E-state index contributed by atoms with van der Waals surface area (Å²) in [4.78, 5) is 27.8. The van der Waals surface area contributed by atoms with Gasteiger partial charge in [0, 0.05) is 17.3 Å². The fourth-order valence-corrected chi connectivity index (χ4v) is 3.12. The molecule has 6 nitrogen and oxygen atoms in total. The molecule has 0 bridgehead atoms. The summed E-state index contributed by atoms with van der Waals surface area (Å²) < 4.78 is 53.4. The van der Waals surface area contributed by atoms with Gasteiger partial charge in [0.05, 0.1) is 10.6 Å². The standard InChI is InChI=1S/C19H17ClF4N4O2/c1-8(2)14-11(17(29)25-9(3)19(22,23)24)7-28-15(14)18(30)26-16(27-28)10-4-5-12(20)13(21)6-10/h4-9H,1-3H3,(H,25,29)(H,26,27,30)/t9-/m1/s1. The lowest BCUT2D eigenvalue weighted by atomic mass is 9.99. The Hall–Kier alpha value is -2.88. The molecule has 3 rings (SSSR count). The zero-order valence-corrected chi connectivity index (χ0v) is 16.8. The molecule has 1 atom stereocenters. The summed E-state index contributed by atoms with van der Waals surface area (Å²) in [6.45, 7) is 4.21. The number of carbonyl (C=O) groups excluding carboxylic acids is 1. The van der Waals surface area contributed by atoms with Crippen LogP contribution in [0, 0.1) is 5.82 Å². The van der Waals surface area contributed by atoms with Gasteiger partial charge in [-0.2, -0.15) is 13.2 Å². The summed E-state index contributed by atoms with van der Waals surface area (Å²) in [7, 11) is 0. The highest BCUT2D eigenvalue weighted by molar-refractivity contribution is 6.30. The molecule has 2 aromatic heterocycles. The third kappa shape index (κ3) is 4.04. The highest BCUT2D eigenvalue weighted by Crippen LogP contribution is 2.27. The number of aromatic nitrogens is 3. The van der Waals surface area contributed by atoms with E-state index < -0.39 is 29.5 Å². The number of fused-ring (bicyclic) bond motifs is 1. The molecule has 1 amide bonds. The normalized spacial score (nSPS) is 13.1. The highest BCUT2D eigenvalue weighted by atomic mass is 35.5. The molecule has 2 heterocycles. The first-order valence-corrected chi connectivity index (χ1v) is 9.26. The number of halogens is 5. The van der Waals surface area contributed by atoms with E-state index in [4.69, 9.17) is 11.6 Å². The largest absolute Gasteiger partial charge is 0.408 e.